The van der Waals surface area contributed by atoms with Gasteiger partial charge < -0.3 is 4.43 Å². The summed E-state index contributed by atoms with van der Waals surface area (Å²) in [6, 6.07) is 13.1. The topological polar surface area (TPSA) is 9.23 Å². The largest absolute Gasteiger partial charge is 0.546 e. The number of benzene rings is 2. The molecule has 2 aromatic rings. The molecule has 0 radical (unpaired) electrons. The molecule has 0 N–H and O–H groups in total. The lowest BCUT2D eigenvalue weighted by Gasteiger charge is -2.29. The van der Waals surface area contributed by atoms with Crippen molar-refractivity contribution in [2.75, 3.05) is 5.33 Å². The van der Waals surface area contributed by atoms with E-state index < -0.39 is 9.04 Å². The first-order valence-electron chi connectivity index (χ1n) is 8.20. The predicted molar refractivity (Wildman–Crippen MR) is 104 cm³/mol. The van der Waals surface area contributed by atoms with E-state index in [1.54, 1.807) is 0 Å². The molecule has 0 spiro atoms. The Morgan fingerprint density at radius 2 is 1.77 bits per heavy atom. The van der Waals surface area contributed by atoms with Crippen LogP contribution in [0.3, 0.4) is 0 Å². The van der Waals surface area contributed by atoms with Crippen molar-refractivity contribution in [3.63, 3.8) is 0 Å². The van der Waals surface area contributed by atoms with Crippen molar-refractivity contribution < 1.29 is 4.43 Å². The average molecular weight is 379 g/mol. The molecule has 0 heterocycles. The zero-order valence-electron chi connectivity index (χ0n) is 14.2. The number of fused-ring (bicyclic) bond motifs is 1. The van der Waals surface area contributed by atoms with Crippen molar-refractivity contribution in [3.05, 3.63) is 42.0 Å². The number of hydrogen-bond acceptors (Lipinski definition) is 1. The van der Waals surface area contributed by atoms with Crippen molar-refractivity contribution in [1.29, 1.82) is 0 Å². The van der Waals surface area contributed by atoms with Crippen LogP contribution in [0.15, 0.2) is 36.4 Å². The third-order valence-corrected chi connectivity index (χ3v) is 5.42. The first kappa shape index (κ1) is 17.5. The molecule has 0 amide bonds. The third kappa shape index (κ3) is 4.14. The van der Waals surface area contributed by atoms with Crippen LogP contribution in [0.1, 0.15) is 38.7 Å². The van der Waals surface area contributed by atoms with Crippen molar-refractivity contribution in [2.45, 2.75) is 51.6 Å². The highest BCUT2D eigenvalue weighted by Crippen LogP contribution is 2.40. The number of alkyl halides is 1. The van der Waals surface area contributed by atoms with Gasteiger partial charge in [-0.25, -0.2) is 0 Å². The molecule has 0 unspecified atom stereocenters. The minimum absolute atomic E-state index is 0.144. The standard InChI is InChI=1S/C19H27BrOSi/c1-19(2,13-7-8-14-20)17-12-11-15-9-5-6-10-16(15)18(17)21-22(3)4/h5-6,9-12,22H,7-8,13-14H2,1-4H3. The summed E-state index contributed by atoms with van der Waals surface area (Å²) < 4.78 is 6.38. The smallest absolute Gasteiger partial charge is 0.229 e. The molecule has 2 aromatic carbocycles. The molecule has 120 valence electrons. The highest BCUT2D eigenvalue weighted by Gasteiger charge is 2.25. The van der Waals surface area contributed by atoms with Crippen LogP contribution in [0.25, 0.3) is 10.8 Å². The lowest BCUT2D eigenvalue weighted by Crippen LogP contribution is -2.21. The van der Waals surface area contributed by atoms with E-state index in [1.165, 1.54) is 35.6 Å². The fraction of sp³-hybridized carbons (Fsp3) is 0.474. The fourth-order valence-electron chi connectivity index (χ4n) is 2.93. The highest BCUT2D eigenvalue weighted by molar-refractivity contribution is 9.09. The van der Waals surface area contributed by atoms with Crippen LogP contribution in [0.4, 0.5) is 0 Å². The summed E-state index contributed by atoms with van der Waals surface area (Å²) in [6.45, 7) is 9.17. The Bertz CT molecular complexity index is 622. The normalized spacial score (nSPS) is 12.1. The van der Waals surface area contributed by atoms with E-state index in [2.05, 4.69) is 79.3 Å². The minimum Gasteiger partial charge on any atom is -0.546 e. The Hall–Kier alpha value is -0.803. The molecule has 0 bridgehead atoms. The maximum absolute atomic E-state index is 6.38. The van der Waals surface area contributed by atoms with Crippen LogP contribution >= 0.6 is 15.9 Å². The summed E-state index contributed by atoms with van der Waals surface area (Å²) in [5.41, 5.74) is 1.51. The Kier molecular flexibility index (Phi) is 6.10. The number of rotatable bonds is 7. The lowest BCUT2D eigenvalue weighted by molar-refractivity contribution is 0.441. The number of hydrogen-bond donors (Lipinski definition) is 0. The SMILES string of the molecule is C[SiH](C)Oc1c(C(C)(C)CCCCBr)ccc2ccccc12. The Balaban J connectivity index is 2.47. The van der Waals surface area contributed by atoms with E-state index >= 15 is 0 Å². The van der Waals surface area contributed by atoms with E-state index in [1.807, 2.05) is 0 Å². The van der Waals surface area contributed by atoms with Crippen molar-refractivity contribution in [1.82, 2.24) is 0 Å². The van der Waals surface area contributed by atoms with E-state index in [4.69, 9.17) is 4.43 Å². The minimum atomic E-state index is -1.15. The van der Waals surface area contributed by atoms with Gasteiger partial charge >= 0.3 is 0 Å². The molecular formula is C19H27BrOSi. The van der Waals surface area contributed by atoms with Gasteiger partial charge in [0.1, 0.15) is 5.75 Å². The summed E-state index contributed by atoms with van der Waals surface area (Å²) in [4.78, 5) is 0. The molecule has 0 atom stereocenters. The summed E-state index contributed by atoms with van der Waals surface area (Å²) in [5.74, 6) is 1.13. The molecular weight excluding hydrogens is 352 g/mol. The van der Waals surface area contributed by atoms with Gasteiger partial charge in [0.15, 0.2) is 0 Å². The van der Waals surface area contributed by atoms with E-state index in [-0.39, 0.29) is 5.41 Å². The maximum Gasteiger partial charge on any atom is 0.229 e. The van der Waals surface area contributed by atoms with Gasteiger partial charge in [0, 0.05) is 10.7 Å². The second-order valence-electron chi connectivity index (χ2n) is 6.86. The lowest BCUT2D eigenvalue weighted by atomic mass is 9.79. The Morgan fingerprint density at radius 1 is 1.05 bits per heavy atom. The summed E-state index contributed by atoms with van der Waals surface area (Å²) in [5, 5.41) is 3.62. The van der Waals surface area contributed by atoms with Gasteiger partial charge in [-0.3, -0.25) is 0 Å². The summed E-state index contributed by atoms with van der Waals surface area (Å²) in [7, 11) is -1.15. The molecule has 0 aliphatic carbocycles. The predicted octanol–water partition coefficient (Wildman–Crippen LogP) is 6.04. The van der Waals surface area contributed by atoms with Crippen LogP contribution in [-0.4, -0.2) is 14.4 Å². The summed E-state index contributed by atoms with van der Waals surface area (Å²) >= 11 is 3.53. The van der Waals surface area contributed by atoms with Gasteiger partial charge in [-0.15, -0.1) is 0 Å². The molecule has 22 heavy (non-hydrogen) atoms. The zero-order valence-corrected chi connectivity index (χ0v) is 16.9. The van der Waals surface area contributed by atoms with Crippen LogP contribution in [0.2, 0.25) is 13.1 Å². The van der Waals surface area contributed by atoms with Crippen LogP contribution in [-0.2, 0) is 5.41 Å². The van der Waals surface area contributed by atoms with E-state index in [9.17, 15) is 0 Å². The van der Waals surface area contributed by atoms with Gasteiger partial charge in [0.25, 0.3) is 0 Å². The van der Waals surface area contributed by atoms with E-state index in [0.29, 0.717) is 0 Å². The average Bonchev–Trinajstić information content (AvgIpc) is 2.47. The van der Waals surface area contributed by atoms with E-state index in [0.717, 1.165) is 11.1 Å². The fourth-order valence-corrected chi connectivity index (χ4v) is 4.06. The molecule has 0 aliphatic heterocycles. The van der Waals surface area contributed by atoms with Crippen molar-refractivity contribution in [3.8, 4) is 5.75 Å². The molecule has 1 nitrogen and oxygen atoms in total. The second kappa shape index (κ2) is 7.65. The van der Waals surface area contributed by atoms with Crippen molar-refractivity contribution in [2.24, 2.45) is 0 Å². The molecule has 0 saturated heterocycles. The molecule has 0 aliphatic rings. The quantitative estimate of drug-likeness (QED) is 0.323. The van der Waals surface area contributed by atoms with Crippen LogP contribution in [0.5, 0.6) is 5.75 Å². The molecule has 0 fully saturated rings. The number of unbranched alkanes of at least 4 members (excludes halogenated alkanes) is 1. The second-order valence-corrected chi connectivity index (χ2v) is 9.99. The zero-order chi connectivity index (χ0) is 16.2. The summed E-state index contributed by atoms with van der Waals surface area (Å²) in [6.07, 6.45) is 3.66. The first-order chi connectivity index (χ1) is 10.5. The van der Waals surface area contributed by atoms with Gasteiger partial charge in [0.05, 0.1) is 0 Å². The molecule has 3 heteroatoms. The number of halogens is 1. The monoisotopic (exact) mass is 378 g/mol. The van der Waals surface area contributed by atoms with Gasteiger partial charge in [-0.05, 0) is 42.3 Å². The highest BCUT2D eigenvalue weighted by atomic mass is 79.9. The van der Waals surface area contributed by atoms with Crippen LogP contribution in [0, 0.1) is 0 Å². The Morgan fingerprint density at radius 3 is 2.45 bits per heavy atom. The van der Waals surface area contributed by atoms with Gasteiger partial charge in [0.2, 0.25) is 9.04 Å². The molecule has 2 rings (SSSR count). The first-order valence-corrected chi connectivity index (χ1v) is 12.1. The van der Waals surface area contributed by atoms with Crippen LogP contribution < -0.4 is 4.43 Å². The Labute approximate surface area is 144 Å². The maximum atomic E-state index is 6.38. The van der Waals surface area contributed by atoms with Crippen molar-refractivity contribution >= 4 is 35.7 Å². The molecule has 0 aromatic heterocycles. The third-order valence-electron chi connectivity index (χ3n) is 4.15. The van der Waals surface area contributed by atoms with Gasteiger partial charge in [-0.2, -0.15) is 0 Å². The van der Waals surface area contributed by atoms with Gasteiger partial charge in [-0.1, -0.05) is 72.6 Å². The molecule has 0 saturated carbocycles.